The van der Waals surface area contributed by atoms with Crippen molar-refractivity contribution < 1.29 is 9.90 Å². The second kappa shape index (κ2) is 6.71. The van der Waals surface area contributed by atoms with Crippen LogP contribution in [0.2, 0.25) is 0 Å². The van der Waals surface area contributed by atoms with E-state index >= 15 is 0 Å². The standard InChI is InChI=1S/C16H19N7O2/c1-9(16(25)22-14-12(24)5-4-6-17-14)10(2)21-13-11-7-20-23(3)15(11)19-8-18-13/h4-10,24H,1-3H3,(H,17,22,25)(H,18,19,21). The smallest absolute Gasteiger partial charge is 0.230 e. The Morgan fingerprint density at radius 1 is 1.24 bits per heavy atom. The highest BCUT2D eigenvalue weighted by atomic mass is 16.3. The van der Waals surface area contributed by atoms with Crippen LogP contribution in [-0.4, -0.2) is 41.8 Å². The van der Waals surface area contributed by atoms with E-state index in [-0.39, 0.29) is 23.5 Å². The highest BCUT2D eigenvalue weighted by Gasteiger charge is 2.22. The second-order valence-electron chi connectivity index (χ2n) is 5.81. The summed E-state index contributed by atoms with van der Waals surface area (Å²) in [6, 6.07) is 2.84. The molecule has 0 saturated carbocycles. The summed E-state index contributed by atoms with van der Waals surface area (Å²) < 4.78 is 1.66. The molecule has 25 heavy (non-hydrogen) atoms. The van der Waals surface area contributed by atoms with Crippen LogP contribution in [0.4, 0.5) is 11.6 Å². The maximum Gasteiger partial charge on any atom is 0.230 e. The number of amides is 1. The number of aromatic nitrogens is 5. The zero-order chi connectivity index (χ0) is 18.0. The molecule has 2 atom stereocenters. The van der Waals surface area contributed by atoms with Crippen LogP contribution in [0.5, 0.6) is 5.75 Å². The predicted octanol–water partition coefficient (Wildman–Crippen LogP) is 1.54. The summed E-state index contributed by atoms with van der Waals surface area (Å²) in [6.07, 6.45) is 4.64. The maximum absolute atomic E-state index is 12.4. The van der Waals surface area contributed by atoms with Gasteiger partial charge in [0.15, 0.2) is 17.2 Å². The third-order valence-corrected chi connectivity index (χ3v) is 4.09. The van der Waals surface area contributed by atoms with E-state index in [1.807, 2.05) is 6.92 Å². The van der Waals surface area contributed by atoms with Gasteiger partial charge in [-0.05, 0) is 19.1 Å². The van der Waals surface area contributed by atoms with Gasteiger partial charge in [0, 0.05) is 19.3 Å². The summed E-state index contributed by atoms with van der Waals surface area (Å²) in [7, 11) is 1.80. The zero-order valence-corrected chi connectivity index (χ0v) is 14.1. The molecule has 0 aromatic carbocycles. The highest BCUT2D eigenvalue weighted by Crippen LogP contribution is 2.22. The van der Waals surface area contributed by atoms with Gasteiger partial charge in [0.2, 0.25) is 5.91 Å². The van der Waals surface area contributed by atoms with Gasteiger partial charge in [0.05, 0.1) is 17.5 Å². The average molecular weight is 341 g/mol. The van der Waals surface area contributed by atoms with E-state index in [0.29, 0.717) is 11.5 Å². The summed E-state index contributed by atoms with van der Waals surface area (Å²) in [5, 5.41) is 20.5. The van der Waals surface area contributed by atoms with Crippen molar-refractivity contribution >= 4 is 28.6 Å². The van der Waals surface area contributed by atoms with E-state index in [1.54, 1.807) is 30.9 Å². The first-order chi connectivity index (χ1) is 12.0. The molecular weight excluding hydrogens is 322 g/mol. The summed E-state index contributed by atoms with van der Waals surface area (Å²) in [5.41, 5.74) is 0.709. The molecule has 0 saturated heterocycles. The largest absolute Gasteiger partial charge is 0.504 e. The Labute approximate surface area is 144 Å². The highest BCUT2D eigenvalue weighted by molar-refractivity contribution is 5.93. The summed E-state index contributed by atoms with van der Waals surface area (Å²) in [5.74, 6) is 0.0271. The molecule has 3 aromatic rings. The number of rotatable bonds is 5. The van der Waals surface area contributed by atoms with E-state index in [2.05, 4.69) is 30.7 Å². The number of nitrogens with one attached hydrogen (secondary N) is 2. The van der Waals surface area contributed by atoms with Gasteiger partial charge in [-0.1, -0.05) is 6.92 Å². The molecule has 2 unspecified atom stereocenters. The fourth-order valence-electron chi connectivity index (χ4n) is 2.37. The number of anilines is 2. The molecule has 3 N–H and O–H groups in total. The molecule has 0 fully saturated rings. The summed E-state index contributed by atoms with van der Waals surface area (Å²) >= 11 is 0. The lowest BCUT2D eigenvalue weighted by Gasteiger charge is -2.21. The Bertz CT molecular complexity index is 908. The molecule has 0 radical (unpaired) electrons. The SMILES string of the molecule is CC(Nc1ncnc2c1cnn2C)C(C)C(=O)Nc1ncccc1O. The number of nitrogens with zero attached hydrogens (tertiary/aromatic N) is 5. The topological polar surface area (TPSA) is 118 Å². The number of hydrogen-bond donors (Lipinski definition) is 3. The van der Waals surface area contributed by atoms with E-state index in [4.69, 9.17) is 0 Å². The van der Waals surface area contributed by atoms with Crippen LogP contribution in [0.1, 0.15) is 13.8 Å². The van der Waals surface area contributed by atoms with Crippen molar-refractivity contribution in [1.82, 2.24) is 24.7 Å². The summed E-state index contributed by atoms with van der Waals surface area (Å²) in [4.78, 5) is 24.8. The van der Waals surface area contributed by atoms with Crippen LogP contribution < -0.4 is 10.6 Å². The first kappa shape index (κ1) is 16.6. The number of aryl methyl sites for hydroxylation is 1. The third-order valence-electron chi connectivity index (χ3n) is 4.09. The van der Waals surface area contributed by atoms with Crippen molar-refractivity contribution in [3.05, 3.63) is 30.9 Å². The van der Waals surface area contributed by atoms with Gasteiger partial charge in [-0.25, -0.2) is 15.0 Å². The molecule has 3 aromatic heterocycles. The lowest BCUT2D eigenvalue weighted by molar-refractivity contribution is -0.119. The van der Waals surface area contributed by atoms with Crippen LogP contribution >= 0.6 is 0 Å². The van der Waals surface area contributed by atoms with Gasteiger partial charge in [-0.2, -0.15) is 5.10 Å². The van der Waals surface area contributed by atoms with E-state index in [1.165, 1.54) is 18.6 Å². The van der Waals surface area contributed by atoms with Crippen LogP contribution in [0.15, 0.2) is 30.9 Å². The summed E-state index contributed by atoms with van der Waals surface area (Å²) in [6.45, 7) is 3.67. The van der Waals surface area contributed by atoms with Crippen molar-refractivity contribution in [1.29, 1.82) is 0 Å². The molecule has 0 aliphatic heterocycles. The Hall–Kier alpha value is -3.23. The molecular formula is C16H19N7O2. The molecule has 9 heteroatoms. The lowest BCUT2D eigenvalue weighted by Crippen LogP contribution is -2.34. The minimum atomic E-state index is -0.400. The fourth-order valence-corrected chi connectivity index (χ4v) is 2.37. The minimum absolute atomic E-state index is 0.0727. The molecule has 0 aliphatic carbocycles. The van der Waals surface area contributed by atoms with Crippen molar-refractivity contribution in [2.24, 2.45) is 13.0 Å². The molecule has 0 spiro atoms. The molecule has 1 amide bonds. The molecule has 0 bridgehead atoms. The van der Waals surface area contributed by atoms with Crippen LogP contribution in [0, 0.1) is 5.92 Å². The van der Waals surface area contributed by atoms with Gasteiger partial charge < -0.3 is 15.7 Å². The normalized spacial score (nSPS) is 13.4. The monoisotopic (exact) mass is 341 g/mol. The van der Waals surface area contributed by atoms with Gasteiger partial charge in [0.1, 0.15) is 12.1 Å². The quantitative estimate of drug-likeness (QED) is 0.644. The number of aromatic hydroxyl groups is 1. The lowest BCUT2D eigenvalue weighted by atomic mass is 10.0. The van der Waals surface area contributed by atoms with E-state index < -0.39 is 5.92 Å². The van der Waals surface area contributed by atoms with Crippen LogP contribution in [0.25, 0.3) is 11.0 Å². The molecule has 9 nitrogen and oxygen atoms in total. The molecule has 3 heterocycles. The first-order valence-electron chi connectivity index (χ1n) is 7.81. The predicted molar refractivity (Wildman–Crippen MR) is 93.1 cm³/mol. The second-order valence-corrected chi connectivity index (χ2v) is 5.81. The molecule has 3 rings (SSSR count). The van der Waals surface area contributed by atoms with Crippen LogP contribution in [-0.2, 0) is 11.8 Å². The third kappa shape index (κ3) is 3.35. The zero-order valence-electron chi connectivity index (χ0n) is 14.1. The molecule has 0 aliphatic rings. The van der Waals surface area contributed by atoms with Gasteiger partial charge >= 0.3 is 0 Å². The molecule has 130 valence electrons. The Kier molecular flexibility index (Phi) is 4.46. The Morgan fingerprint density at radius 3 is 2.80 bits per heavy atom. The van der Waals surface area contributed by atoms with Gasteiger partial charge in [-0.3, -0.25) is 9.48 Å². The van der Waals surface area contributed by atoms with E-state index in [9.17, 15) is 9.90 Å². The average Bonchev–Trinajstić information content (AvgIpc) is 2.98. The van der Waals surface area contributed by atoms with Crippen LogP contribution in [0.3, 0.4) is 0 Å². The number of carbonyl (C=O) groups excluding carboxylic acids is 1. The van der Waals surface area contributed by atoms with E-state index in [0.717, 1.165) is 5.39 Å². The fraction of sp³-hybridized carbons (Fsp3) is 0.312. The van der Waals surface area contributed by atoms with Crippen molar-refractivity contribution in [2.75, 3.05) is 10.6 Å². The Balaban J connectivity index is 1.72. The number of pyridine rings is 1. The Morgan fingerprint density at radius 2 is 2.04 bits per heavy atom. The maximum atomic E-state index is 12.4. The van der Waals surface area contributed by atoms with Gasteiger partial charge in [0.25, 0.3) is 0 Å². The van der Waals surface area contributed by atoms with Crippen molar-refractivity contribution in [3.8, 4) is 5.75 Å². The first-order valence-corrected chi connectivity index (χ1v) is 7.81. The van der Waals surface area contributed by atoms with Crippen molar-refractivity contribution in [2.45, 2.75) is 19.9 Å². The number of hydrogen-bond acceptors (Lipinski definition) is 7. The van der Waals surface area contributed by atoms with Crippen molar-refractivity contribution in [3.63, 3.8) is 0 Å². The van der Waals surface area contributed by atoms with Gasteiger partial charge in [-0.15, -0.1) is 0 Å². The minimum Gasteiger partial charge on any atom is -0.504 e. The number of carbonyl (C=O) groups is 1. The number of fused-ring (bicyclic) bond motifs is 1.